The van der Waals surface area contributed by atoms with Crippen LogP contribution in [0.25, 0.3) is 0 Å². The zero-order valence-corrected chi connectivity index (χ0v) is 12.3. The van der Waals surface area contributed by atoms with Crippen molar-refractivity contribution in [3.05, 3.63) is 31.9 Å². The van der Waals surface area contributed by atoms with Crippen LogP contribution in [-0.4, -0.2) is 19.9 Å². The highest BCUT2D eigenvalue weighted by atomic mass is 79.9. The number of hydrogen-bond donors (Lipinski definition) is 1. The van der Waals surface area contributed by atoms with E-state index in [9.17, 15) is 5.11 Å². The van der Waals surface area contributed by atoms with E-state index in [2.05, 4.69) is 26.0 Å². The molecule has 2 heterocycles. The molecule has 1 atom stereocenters. The lowest BCUT2D eigenvalue weighted by Gasteiger charge is -2.12. The number of aryl methyl sites for hydroxylation is 3. The van der Waals surface area contributed by atoms with Gasteiger partial charge >= 0.3 is 0 Å². The van der Waals surface area contributed by atoms with Crippen molar-refractivity contribution >= 4 is 27.3 Å². The van der Waals surface area contributed by atoms with E-state index in [1.807, 2.05) is 20.8 Å². The molecular formula is C11H14BrN3OS. The summed E-state index contributed by atoms with van der Waals surface area (Å²) in [5.41, 5.74) is 1.68. The molecule has 0 bridgehead atoms. The Hall–Kier alpha value is -0.720. The smallest absolute Gasteiger partial charge is 0.133 e. The van der Waals surface area contributed by atoms with Gasteiger partial charge in [-0.2, -0.15) is 5.10 Å². The maximum atomic E-state index is 10.4. The van der Waals surface area contributed by atoms with Crippen molar-refractivity contribution in [1.29, 1.82) is 0 Å². The van der Waals surface area contributed by atoms with Crippen LogP contribution in [0.3, 0.4) is 0 Å². The predicted octanol–water partition coefficient (Wildman–Crippen LogP) is 2.82. The molecule has 0 saturated heterocycles. The summed E-state index contributed by atoms with van der Waals surface area (Å²) in [4.78, 5) is 5.23. The summed E-state index contributed by atoms with van der Waals surface area (Å²) in [6, 6.07) is 0. The molecule has 4 nitrogen and oxygen atoms in total. The molecule has 0 aliphatic carbocycles. The number of hydrogen-bond acceptors (Lipinski definition) is 4. The molecule has 0 fully saturated rings. The highest BCUT2D eigenvalue weighted by Gasteiger charge is 2.22. The van der Waals surface area contributed by atoms with Gasteiger partial charge in [-0.15, -0.1) is 11.3 Å². The molecular weight excluding hydrogens is 302 g/mol. The topological polar surface area (TPSA) is 50.9 Å². The Labute approximate surface area is 112 Å². The molecule has 1 N–H and O–H groups in total. The summed E-state index contributed by atoms with van der Waals surface area (Å²) >= 11 is 4.95. The third-order valence-electron chi connectivity index (χ3n) is 2.58. The third-order valence-corrected chi connectivity index (χ3v) is 4.32. The molecule has 0 radical (unpaired) electrons. The highest BCUT2D eigenvalue weighted by molar-refractivity contribution is 9.10. The highest BCUT2D eigenvalue weighted by Crippen LogP contribution is 2.33. The first kappa shape index (κ1) is 12.7. The van der Waals surface area contributed by atoms with Crippen molar-refractivity contribution < 1.29 is 5.11 Å². The first-order valence-corrected chi connectivity index (χ1v) is 6.98. The molecule has 17 heavy (non-hydrogen) atoms. The Morgan fingerprint density at radius 2 is 2.24 bits per heavy atom. The van der Waals surface area contributed by atoms with Gasteiger partial charge in [0.05, 0.1) is 31.9 Å². The fourth-order valence-corrected chi connectivity index (χ4v) is 3.25. The van der Waals surface area contributed by atoms with Gasteiger partial charge in [0.2, 0.25) is 0 Å². The van der Waals surface area contributed by atoms with Crippen molar-refractivity contribution in [1.82, 2.24) is 14.8 Å². The van der Waals surface area contributed by atoms with Gasteiger partial charge in [0.15, 0.2) is 0 Å². The normalized spacial score (nSPS) is 13.0. The van der Waals surface area contributed by atoms with Crippen LogP contribution in [0.4, 0.5) is 0 Å². The fourth-order valence-electron chi connectivity index (χ4n) is 1.82. The van der Waals surface area contributed by atoms with Crippen LogP contribution < -0.4 is 0 Å². The van der Waals surface area contributed by atoms with Crippen LogP contribution in [0.15, 0.2) is 10.7 Å². The minimum Gasteiger partial charge on any atom is -0.381 e. The molecule has 2 aromatic heterocycles. The summed E-state index contributed by atoms with van der Waals surface area (Å²) in [7, 11) is 0. The summed E-state index contributed by atoms with van der Waals surface area (Å²) in [5.74, 6) is 0. The van der Waals surface area contributed by atoms with Crippen molar-refractivity contribution in [2.45, 2.75) is 33.4 Å². The number of thiazole rings is 1. The Balaban J connectivity index is 2.46. The Morgan fingerprint density at radius 1 is 1.53 bits per heavy atom. The van der Waals surface area contributed by atoms with E-state index in [1.54, 1.807) is 10.9 Å². The first-order valence-electron chi connectivity index (χ1n) is 5.37. The molecule has 0 spiro atoms. The molecule has 2 rings (SSSR count). The Kier molecular flexibility index (Phi) is 3.65. The quantitative estimate of drug-likeness (QED) is 0.947. The number of aromatic nitrogens is 3. The number of aliphatic hydroxyl groups excluding tert-OH is 1. The SMILES string of the molecule is CCn1ncc(Br)c1C(O)c1sc(C)nc1C. The molecule has 6 heteroatoms. The van der Waals surface area contributed by atoms with Gasteiger partial charge in [0.25, 0.3) is 0 Å². The molecule has 0 aromatic carbocycles. The minimum absolute atomic E-state index is 0.668. The maximum absolute atomic E-state index is 10.4. The fraction of sp³-hybridized carbons (Fsp3) is 0.455. The van der Waals surface area contributed by atoms with E-state index < -0.39 is 6.10 Å². The van der Waals surface area contributed by atoms with Crippen LogP contribution in [0.1, 0.15) is 34.3 Å². The number of halogens is 1. The van der Waals surface area contributed by atoms with E-state index in [-0.39, 0.29) is 0 Å². The van der Waals surface area contributed by atoms with Crippen LogP contribution in [0.5, 0.6) is 0 Å². The number of nitrogens with zero attached hydrogens (tertiary/aromatic N) is 3. The van der Waals surface area contributed by atoms with Crippen LogP contribution in [-0.2, 0) is 6.54 Å². The Bertz CT molecular complexity index is 535. The molecule has 0 amide bonds. The molecule has 0 saturated carbocycles. The predicted molar refractivity (Wildman–Crippen MR) is 71.3 cm³/mol. The average Bonchev–Trinajstić information content (AvgIpc) is 2.80. The van der Waals surface area contributed by atoms with Gasteiger partial charge in [-0.25, -0.2) is 4.98 Å². The number of aliphatic hydroxyl groups is 1. The van der Waals surface area contributed by atoms with E-state index in [1.165, 1.54) is 11.3 Å². The lowest BCUT2D eigenvalue weighted by Crippen LogP contribution is -2.09. The molecule has 1 unspecified atom stereocenters. The second kappa shape index (κ2) is 4.88. The van der Waals surface area contributed by atoms with Crippen LogP contribution >= 0.6 is 27.3 Å². The van der Waals surface area contributed by atoms with Gasteiger partial charge in [-0.1, -0.05) is 0 Å². The minimum atomic E-state index is -0.668. The van der Waals surface area contributed by atoms with Gasteiger partial charge in [-0.05, 0) is 36.7 Å². The second-order valence-corrected chi connectivity index (χ2v) is 5.87. The van der Waals surface area contributed by atoms with Crippen LogP contribution in [0.2, 0.25) is 0 Å². The molecule has 0 aliphatic rings. The third kappa shape index (κ3) is 2.29. The second-order valence-electron chi connectivity index (χ2n) is 3.78. The van der Waals surface area contributed by atoms with E-state index in [4.69, 9.17) is 0 Å². The monoisotopic (exact) mass is 315 g/mol. The van der Waals surface area contributed by atoms with E-state index in [0.29, 0.717) is 0 Å². The summed E-state index contributed by atoms with van der Waals surface area (Å²) < 4.78 is 2.63. The molecule has 92 valence electrons. The summed E-state index contributed by atoms with van der Waals surface area (Å²) in [5, 5.41) is 15.6. The maximum Gasteiger partial charge on any atom is 0.133 e. The van der Waals surface area contributed by atoms with Crippen LogP contribution in [0, 0.1) is 13.8 Å². The largest absolute Gasteiger partial charge is 0.381 e. The lowest BCUT2D eigenvalue weighted by molar-refractivity contribution is 0.210. The summed E-state index contributed by atoms with van der Waals surface area (Å²) in [6.07, 6.45) is 1.05. The summed E-state index contributed by atoms with van der Waals surface area (Å²) in [6.45, 7) is 6.60. The van der Waals surface area contributed by atoms with Crippen molar-refractivity contribution in [2.24, 2.45) is 0 Å². The lowest BCUT2D eigenvalue weighted by atomic mass is 10.2. The standard InChI is InChI=1S/C11H14BrN3OS/c1-4-15-9(8(12)5-13-15)10(16)11-6(2)14-7(3)17-11/h5,10,16H,4H2,1-3H3. The van der Waals surface area contributed by atoms with Gasteiger partial charge in [-0.3, -0.25) is 4.68 Å². The molecule has 2 aromatic rings. The zero-order valence-electron chi connectivity index (χ0n) is 9.94. The first-order chi connectivity index (χ1) is 8.04. The van der Waals surface area contributed by atoms with E-state index in [0.717, 1.165) is 32.3 Å². The number of rotatable bonds is 3. The average molecular weight is 316 g/mol. The van der Waals surface area contributed by atoms with Gasteiger partial charge in [0.1, 0.15) is 6.10 Å². The Morgan fingerprint density at radius 3 is 2.76 bits per heavy atom. The van der Waals surface area contributed by atoms with Gasteiger partial charge < -0.3 is 5.11 Å². The van der Waals surface area contributed by atoms with Crippen molar-refractivity contribution in [2.75, 3.05) is 0 Å². The van der Waals surface area contributed by atoms with Gasteiger partial charge in [0, 0.05) is 6.54 Å². The zero-order chi connectivity index (χ0) is 12.6. The van der Waals surface area contributed by atoms with Crippen molar-refractivity contribution in [3.63, 3.8) is 0 Å². The van der Waals surface area contributed by atoms with Crippen molar-refractivity contribution in [3.8, 4) is 0 Å². The van der Waals surface area contributed by atoms with E-state index >= 15 is 0 Å². The molecule has 0 aliphatic heterocycles.